The van der Waals surface area contributed by atoms with Crippen LogP contribution >= 0.6 is 0 Å². The number of aromatic nitrogens is 4. The molecular formula is C28H33N8. The van der Waals surface area contributed by atoms with Crippen LogP contribution in [0.5, 0.6) is 0 Å². The number of hydrazine groups is 1. The number of hydrogen-bond donors (Lipinski definition) is 2. The summed E-state index contributed by atoms with van der Waals surface area (Å²) in [6.07, 6.45) is 7.70. The summed E-state index contributed by atoms with van der Waals surface area (Å²) in [5.41, 5.74) is 8.04. The molecule has 0 amide bonds. The highest BCUT2D eigenvalue weighted by molar-refractivity contribution is 5.90. The number of benzene rings is 2. The van der Waals surface area contributed by atoms with E-state index in [1.165, 1.54) is 35.1 Å². The van der Waals surface area contributed by atoms with Crippen molar-refractivity contribution in [2.75, 3.05) is 30.3 Å². The van der Waals surface area contributed by atoms with Crippen molar-refractivity contribution in [3.05, 3.63) is 71.3 Å². The second-order valence-electron chi connectivity index (χ2n) is 9.86. The summed E-state index contributed by atoms with van der Waals surface area (Å²) >= 11 is 0. The van der Waals surface area contributed by atoms with Gasteiger partial charge in [-0.1, -0.05) is 24.3 Å². The van der Waals surface area contributed by atoms with Crippen LogP contribution in [0.2, 0.25) is 0 Å². The van der Waals surface area contributed by atoms with E-state index >= 15 is 0 Å². The zero-order chi connectivity index (χ0) is 24.6. The molecule has 0 atom stereocenters. The summed E-state index contributed by atoms with van der Waals surface area (Å²) < 4.78 is 1.80. The number of hydrogen-bond acceptors (Lipinski definition) is 7. The van der Waals surface area contributed by atoms with E-state index in [9.17, 15) is 0 Å². The number of aryl methyl sites for hydroxylation is 3. The Labute approximate surface area is 212 Å². The number of anilines is 4. The molecule has 1 saturated heterocycles. The maximum Gasteiger partial charge on any atom is 0.229 e. The summed E-state index contributed by atoms with van der Waals surface area (Å²) in [7, 11) is 1.92. The zero-order valence-electron chi connectivity index (χ0n) is 21.3. The first-order chi connectivity index (χ1) is 17.5. The Bertz CT molecular complexity index is 1380. The average molecular weight is 482 g/mol. The Kier molecular flexibility index (Phi) is 6.07. The zero-order valence-corrected chi connectivity index (χ0v) is 21.3. The second kappa shape index (κ2) is 9.52. The molecule has 0 bridgehead atoms. The van der Waals surface area contributed by atoms with E-state index < -0.39 is 0 Å². The summed E-state index contributed by atoms with van der Waals surface area (Å²) in [5.74, 6) is 1.34. The number of para-hydroxylation sites is 1. The monoisotopic (exact) mass is 481 g/mol. The molecule has 8 heteroatoms. The van der Waals surface area contributed by atoms with Crippen LogP contribution in [-0.2, 0) is 20.0 Å². The first kappa shape index (κ1) is 22.9. The van der Waals surface area contributed by atoms with Crippen LogP contribution in [0.4, 0.5) is 23.1 Å². The summed E-state index contributed by atoms with van der Waals surface area (Å²) in [5, 5.41) is 17.5. The van der Waals surface area contributed by atoms with Crippen molar-refractivity contribution in [1.82, 2.24) is 29.8 Å². The van der Waals surface area contributed by atoms with Gasteiger partial charge in [0, 0.05) is 50.8 Å². The van der Waals surface area contributed by atoms with Gasteiger partial charge < -0.3 is 10.6 Å². The fraction of sp³-hybridized carbons (Fsp3) is 0.357. The molecule has 6 rings (SSSR count). The van der Waals surface area contributed by atoms with Crippen molar-refractivity contribution in [1.29, 1.82) is 0 Å². The highest BCUT2D eigenvalue weighted by atomic mass is 15.6. The quantitative estimate of drug-likeness (QED) is 0.414. The average Bonchev–Trinajstić information content (AvgIpc) is 3.21. The number of nitrogens with zero attached hydrogens (tertiary/aromatic N) is 6. The Morgan fingerprint density at radius 3 is 2.50 bits per heavy atom. The number of piperidine rings is 1. The molecule has 4 aromatic rings. The van der Waals surface area contributed by atoms with E-state index in [0.29, 0.717) is 5.95 Å². The maximum absolute atomic E-state index is 4.79. The highest BCUT2D eigenvalue weighted by Gasteiger charge is 2.23. The van der Waals surface area contributed by atoms with Crippen LogP contribution in [0, 0.1) is 20.3 Å². The largest absolute Gasteiger partial charge is 0.338 e. The lowest BCUT2D eigenvalue weighted by atomic mass is 9.99. The molecular weight excluding hydrogens is 448 g/mol. The first-order valence-corrected chi connectivity index (χ1v) is 12.8. The fourth-order valence-electron chi connectivity index (χ4n) is 5.33. The van der Waals surface area contributed by atoms with Gasteiger partial charge in [-0.05, 0) is 73.9 Å². The number of fused-ring (bicyclic) bond motifs is 2. The van der Waals surface area contributed by atoms with Gasteiger partial charge >= 0.3 is 0 Å². The van der Waals surface area contributed by atoms with Gasteiger partial charge in [0.05, 0.1) is 5.39 Å². The molecule has 0 saturated carbocycles. The molecule has 2 aliphatic rings. The van der Waals surface area contributed by atoms with Crippen LogP contribution in [0.3, 0.4) is 0 Å². The molecule has 8 nitrogen and oxygen atoms in total. The lowest BCUT2D eigenvalue weighted by Gasteiger charge is -2.40. The SMILES string of the molecule is Cc1cccc(C)c1Nc1nn(C)c2nc(Nc3ccc4c(c3)CN(N3CC[CH]CC3)CC4)ncc12. The van der Waals surface area contributed by atoms with Crippen LogP contribution in [-0.4, -0.2) is 49.4 Å². The van der Waals surface area contributed by atoms with Gasteiger partial charge in [0.1, 0.15) is 0 Å². The molecule has 0 aliphatic carbocycles. The summed E-state index contributed by atoms with van der Waals surface area (Å²) in [6, 6.07) is 12.9. The van der Waals surface area contributed by atoms with E-state index in [2.05, 4.69) is 87.4 Å². The smallest absolute Gasteiger partial charge is 0.229 e. The maximum atomic E-state index is 4.79. The standard InChI is InChI=1S/C28H33N8/c1-19-8-7-9-20(2)25(19)31-26-24-17-29-28(32-27(24)34(3)33-26)30-23-11-10-21-12-15-36(18-22(21)16-23)35-13-5-4-6-14-35/h4,7-11,16-17H,5-6,12-15,18H2,1-3H3,(H,31,33)(H,29,30,32). The molecule has 4 heterocycles. The van der Waals surface area contributed by atoms with Crippen molar-refractivity contribution < 1.29 is 0 Å². The lowest BCUT2D eigenvalue weighted by molar-refractivity contribution is -0.0439. The van der Waals surface area contributed by atoms with Crippen molar-refractivity contribution in [2.24, 2.45) is 7.05 Å². The third kappa shape index (κ3) is 4.42. The molecule has 0 unspecified atom stereocenters. The predicted octanol–water partition coefficient (Wildman–Crippen LogP) is 5.04. The third-order valence-electron chi connectivity index (χ3n) is 7.34. The van der Waals surface area contributed by atoms with Crippen LogP contribution in [0.15, 0.2) is 42.6 Å². The van der Waals surface area contributed by atoms with E-state index in [1.807, 2.05) is 13.2 Å². The minimum absolute atomic E-state index is 0.573. The van der Waals surface area contributed by atoms with Gasteiger partial charge in [-0.25, -0.2) is 19.7 Å². The third-order valence-corrected chi connectivity index (χ3v) is 7.34. The van der Waals surface area contributed by atoms with Crippen molar-refractivity contribution in [3.63, 3.8) is 0 Å². The van der Waals surface area contributed by atoms with E-state index in [1.54, 1.807) is 4.68 Å². The van der Waals surface area contributed by atoms with Crippen molar-refractivity contribution >= 4 is 34.2 Å². The molecule has 36 heavy (non-hydrogen) atoms. The fourth-order valence-corrected chi connectivity index (χ4v) is 5.33. The molecule has 1 radical (unpaired) electrons. The van der Waals surface area contributed by atoms with Crippen molar-refractivity contribution in [3.8, 4) is 0 Å². The minimum Gasteiger partial charge on any atom is -0.338 e. The van der Waals surface area contributed by atoms with E-state index in [0.717, 1.165) is 60.8 Å². The molecule has 185 valence electrons. The normalized spacial score (nSPS) is 16.8. The predicted molar refractivity (Wildman–Crippen MR) is 144 cm³/mol. The Balaban J connectivity index is 1.22. The molecule has 2 N–H and O–H groups in total. The van der Waals surface area contributed by atoms with E-state index in [4.69, 9.17) is 4.98 Å². The van der Waals surface area contributed by atoms with Gasteiger partial charge in [-0.2, -0.15) is 10.1 Å². The second-order valence-corrected chi connectivity index (χ2v) is 9.86. The Morgan fingerprint density at radius 2 is 1.69 bits per heavy atom. The van der Waals surface area contributed by atoms with Gasteiger partial charge in [-0.3, -0.25) is 0 Å². The summed E-state index contributed by atoms with van der Waals surface area (Å²) in [4.78, 5) is 9.42. The topological polar surface area (TPSA) is 74.1 Å². The Morgan fingerprint density at radius 1 is 0.889 bits per heavy atom. The van der Waals surface area contributed by atoms with Crippen LogP contribution < -0.4 is 10.6 Å². The van der Waals surface area contributed by atoms with Gasteiger partial charge in [0.15, 0.2) is 11.5 Å². The van der Waals surface area contributed by atoms with Crippen LogP contribution in [0.25, 0.3) is 11.0 Å². The van der Waals surface area contributed by atoms with Crippen molar-refractivity contribution in [2.45, 2.75) is 39.7 Å². The molecule has 2 aromatic carbocycles. The van der Waals surface area contributed by atoms with E-state index in [-0.39, 0.29) is 0 Å². The van der Waals surface area contributed by atoms with Gasteiger partial charge in [0.2, 0.25) is 5.95 Å². The van der Waals surface area contributed by atoms with Gasteiger partial charge in [-0.15, -0.1) is 0 Å². The first-order valence-electron chi connectivity index (χ1n) is 12.8. The Hall–Kier alpha value is -3.49. The highest BCUT2D eigenvalue weighted by Crippen LogP contribution is 2.30. The molecule has 1 fully saturated rings. The van der Waals surface area contributed by atoms with Crippen LogP contribution in [0.1, 0.15) is 35.1 Å². The summed E-state index contributed by atoms with van der Waals surface area (Å²) in [6.45, 7) is 8.51. The molecule has 0 spiro atoms. The van der Waals surface area contributed by atoms with Gasteiger partial charge in [0.25, 0.3) is 0 Å². The number of nitrogens with one attached hydrogen (secondary N) is 2. The molecule has 2 aliphatic heterocycles. The lowest BCUT2D eigenvalue weighted by Crippen LogP contribution is -2.47. The number of rotatable bonds is 5. The minimum atomic E-state index is 0.573. The molecule has 2 aromatic heterocycles.